The summed E-state index contributed by atoms with van der Waals surface area (Å²) < 4.78 is 5.46. The smallest absolute Gasteiger partial charge is 0.305 e. The fraction of sp³-hybridized carbons (Fsp3) is 0.905. The van der Waals surface area contributed by atoms with E-state index >= 15 is 0 Å². The van der Waals surface area contributed by atoms with Crippen LogP contribution in [0.15, 0.2) is 24.3 Å². The lowest BCUT2D eigenvalue weighted by atomic mass is 10.0. The van der Waals surface area contributed by atoms with Crippen LogP contribution < -0.4 is 5.32 Å². The van der Waals surface area contributed by atoms with Gasteiger partial charge in [-0.3, -0.25) is 9.59 Å². The summed E-state index contributed by atoms with van der Waals surface area (Å²) in [7, 11) is 0. The van der Waals surface area contributed by atoms with Crippen LogP contribution in [0.1, 0.15) is 341 Å². The minimum Gasteiger partial charge on any atom is -0.466 e. The molecule has 0 saturated carbocycles. The zero-order valence-corrected chi connectivity index (χ0v) is 46.6. The zero-order chi connectivity index (χ0) is 50.0. The fourth-order valence-corrected chi connectivity index (χ4v) is 9.69. The molecule has 1 amide bonds. The SMILES string of the molecule is CCCCC/C=C\CCCCCCCC(=O)OCCCCCCCCCCCCC/C=C\CCCCCCCCCC(=O)NC(CO)C(O)CCCCCCCCCCCCCCCCCCCC. The number of aliphatic hydroxyl groups excluding tert-OH is 2. The lowest BCUT2D eigenvalue weighted by molar-refractivity contribution is -0.143. The summed E-state index contributed by atoms with van der Waals surface area (Å²) >= 11 is 0. The molecule has 0 radical (unpaired) electrons. The number of hydrogen-bond donors (Lipinski definition) is 3. The van der Waals surface area contributed by atoms with Crippen molar-refractivity contribution in [2.24, 2.45) is 0 Å². The highest BCUT2D eigenvalue weighted by Gasteiger charge is 2.20. The van der Waals surface area contributed by atoms with Crippen LogP contribution in [0.5, 0.6) is 0 Å². The van der Waals surface area contributed by atoms with Crippen molar-refractivity contribution >= 4 is 11.9 Å². The Bertz CT molecular complexity index is 1080. The van der Waals surface area contributed by atoms with Crippen molar-refractivity contribution in [2.75, 3.05) is 13.2 Å². The first-order valence-corrected chi connectivity index (χ1v) is 31.1. The van der Waals surface area contributed by atoms with Gasteiger partial charge < -0.3 is 20.3 Å². The van der Waals surface area contributed by atoms with Gasteiger partial charge in [-0.05, 0) is 77.0 Å². The van der Waals surface area contributed by atoms with Crippen molar-refractivity contribution in [3.8, 4) is 0 Å². The molecule has 0 aliphatic heterocycles. The van der Waals surface area contributed by atoms with Gasteiger partial charge in [0.2, 0.25) is 5.91 Å². The normalized spacial score (nSPS) is 12.7. The van der Waals surface area contributed by atoms with E-state index in [1.54, 1.807) is 0 Å². The molecule has 2 atom stereocenters. The largest absolute Gasteiger partial charge is 0.466 e. The highest BCUT2D eigenvalue weighted by atomic mass is 16.5. The molecule has 69 heavy (non-hydrogen) atoms. The third-order valence-electron chi connectivity index (χ3n) is 14.5. The molecule has 0 spiro atoms. The summed E-state index contributed by atoms with van der Waals surface area (Å²) in [4.78, 5) is 24.5. The maximum Gasteiger partial charge on any atom is 0.305 e. The Kier molecular flexibility index (Phi) is 57.5. The summed E-state index contributed by atoms with van der Waals surface area (Å²) in [5.74, 6) is -0.0391. The molecule has 6 heteroatoms. The van der Waals surface area contributed by atoms with Gasteiger partial charge in [0.15, 0.2) is 0 Å². The molecule has 6 nitrogen and oxygen atoms in total. The Balaban J connectivity index is 3.42. The summed E-state index contributed by atoms with van der Waals surface area (Å²) in [6.45, 7) is 4.94. The van der Waals surface area contributed by atoms with Crippen LogP contribution in [0.3, 0.4) is 0 Å². The van der Waals surface area contributed by atoms with Gasteiger partial charge >= 0.3 is 5.97 Å². The van der Waals surface area contributed by atoms with E-state index < -0.39 is 12.1 Å². The molecule has 408 valence electrons. The second kappa shape index (κ2) is 58.9. The van der Waals surface area contributed by atoms with E-state index in [0.29, 0.717) is 25.9 Å². The molecule has 0 aliphatic carbocycles. The van der Waals surface area contributed by atoms with Crippen molar-refractivity contribution in [1.29, 1.82) is 0 Å². The first-order valence-electron chi connectivity index (χ1n) is 31.1. The molecule has 0 aliphatic rings. The maximum absolute atomic E-state index is 12.5. The number of allylic oxidation sites excluding steroid dienone is 4. The average Bonchev–Trinajstić information content (AvgIpc) is 3.35. The van der Waals surface area contributed by atoms with Gasteiger partial charge in [-0.15, -0.1) is 0 Å². The monoisotopic (exact) mass is 972 g/mol. The lowest BCUT2D eigenvalue weighted by Gasteiger charge is -2.22. The van der Waals surface area contributed by atoms with E-state index in [-0.39, 0.29) is 18.5 Å². The number of nitrogens with one attached hydrogen (secondary N) is 1. The highest BCUT2D eigenvalue weighted by Crippen LogP contribution is 2.18. The first kappa shape index (κ1) is 67.3. The number of carbonyl (C=O) groups excluding carboxylic acids is 2. The molecule has 0 fully saturated rings. The molecule has 0 aromatic rings. The van der Waals surface area contributed by atoms with Gasteiger partial charge in [0.25, 0.3) is 0 Å². The molecule has 0 aromatic carbocycles. The van der Waals surface area contributed by atoms with Crippen LogP contribution in [0.25, 0.3) is 0 Å². The molecule has 3 N–H and O–H groups in total. The standard InChI is InChI=1S/C63H121NO5/c1-3-5-7-9-11-13-15-17-18-19-26-29-32-35-39-43-47-51-55-61(66)60(59-65)64-62(67)56-52-48-44-40-36-33-30-27-24-22-20-21-23-25-28-31-34-38-42-46-50-54-58-69-63(68)57-53-49-45-41-37-16-14-12-10-8-6-4-2/h12,14,22,24,60-61,65-66H,3-11,13,15-21,23,25-59H2,1-2H3,(H,64,67)/b14-12-,24-22-. The molecular weight excluding hydrogens is 851 g/mol. The van der Waals surface area contributed by atoms with Gasteiger partial charge in [-0.2, -0.15) is 0 Å². The van der Waals surface area contributed by atoms with Gasteiger partial charge in [0.1, 0.15) is 0 Å². The second-order valence-corrected chi connectivity index (χ2v) is 21.4. The Hall–Kier alpha value is -1.66. The number of hydrogen-bond acceptors (Lipinski definition) is 5. The predicted octanol–water partition coefficient (Wildman–Crippen LogP) is 19.4. The fourth-order valence-electron chi connectivity index (χ4n) is 9.69. The summed E-state index contributed by atoms with van der Waals surface area (Å²) in [5.41, 5.74) is 0. The zero-order valence-electron chi connectivity index (χ0n) is 46.6. The topological polar surface area (TPSA) is 95.9 Å². The summed E-state index contributed by atoms with van der Waals surface area (Å²) in [6, 6.07) is -0.547. The number of carbonyl (C=O) groups is 2. The van der Waals surface area contributed by atoms with Crippen molar-refractivity contribution in [3.05, 3.63) is 24.3 Å². The Morgan fingerprint density at radius 2 is 0.681 bits per heavy atom. The van der Waals surface area contributed by atoms with Gasteiger partial charge in [-0.25, -0.2) is 0 Å². The third kappa shape index (κ3) is 55.5. The van der Waals surface area contributed by atoms with Crippen LogP contribution >= 0.6 is 0 Å². The molecule has 0 bridgehead atoms. The minimum atomic E-state index is -0.669. The van der Waals surface area contributed by atoms with Crippen LogP contribution in [0, 0.1) is 0 Å². The second-order valence-electron chi connectivity index (χ2n) is 21.4. The third-order valence-corrected chi connectivity index (χ3v) is 14.5. The molecule has 2 unspecified atom stereocenters. The van der Waals surface area contributed by atoms with Gasteiger partial charge in [0, 0.05) is 12.8 Å². The molecular formula is C63H121NO5. The Morgan fingerprint density at radius 1 is 0.391 bits per heavy atom. The molecule has 0 saturated heterocycles. The minimum absolute atomic E-state index is 0.000227. The van der Waals surface area contributed by atoms with Crippen molar-refractivity contribution in [3.63, 3.8) is 0 Å². The van der Waals surface area contributed by atoms with E-state index in [0.717, 1.165) is 44.9 Å². The predicted molar refractivity (Wildman–Crippen MR) is 301 cm³/mol. The highest BCUT2D eigenvalue weighted by molar-refractivity contribution is 5.76. The first-order chi connectivity index (χ1) is 34.0. The number of unbranched alkanes of at least 4 members (excludes halogenated alkanes) is 43. The molecule has 0 aromatic heterocycles. The number of ether oxygens (including phenoxy) is 1. The van der Waals surface area contributed by atoms with Crippen molar-refractivity contribution in [2.45, 2.75) is 353 Å². The number of amides is 1. The van der Waals surface area contributed by atoms with E-state index in [4.69, 9.17) is 4.74 Å². The van der Waals surface area contributed by atoms with Crippen LogP contribution in [0.4, 0.5) is 0 Å². The van der Waals surface area contributed by atoms with Crippen LogP contribution in [-0.2, 0) is 14.3 Å². The number of esters is 1. The quantitative estimate of drug-likeness (QED) is 0.0321. The van der Waals surface area contributed by atoms with Crippen molar-refractivity contribution in [1.82, 2.24) is 5.32 Å². The van der Waals surface area contributed by atoms with Crippen LogP contribution in [0.2, 0.25) is 0 Å². The van der Waals surface area contributed by atoms with Crippen LogP contribution in [-0.4, -0.2) is 47.4 Å². The van der Waals surface area contributed by atoms with E-state index in [1.165, 1.54) is 263 Å². The van der Waals surface area contributed by atoms with Gasteiger partial charge in [0.05, 0.1) is 25.4 Å². The Morgan fingerprint density at radius 3 is 1.06 bits per heavy atom. The van der Waals surface area contributed by atoms with Gasteiger partial charge in [-0.1, -0.05) is 276 Å². The Labute approximate surface area is 431 Å². The lowest BCUT2D eigenvalue weighted by Crippen LogP contribution is -2.45. The van der Waals surface area contributed by atoms with E-state index in [9.17, 15) is 19.8 Å². The number of aliphatic hydroxyl groups is 2. The summed E-state index contributed by atoms with van der Waals surface area (Å²) in [6.07, 6.45) is 71.8. The van der Waals surface area contributed by atoms with E-state index in [2.05, 4.69) is 43.5 Å². The summed E-state index contributed by atoms with van der Waals surface area (Å²) in [5, 5.41) is 23.3. The molecule has 0 heterocycles. The maximum atomic E-state index is 12.5. The molecule has 0 rings (SSSR count). The van der Waals surface area contributed by atoms with Crippen molar-refractivity contribution < 1.29 is 24.5 Å². The van der Waals surface area contributed by atoms with E-state index in [1.807, 2.05) is 0 Å². The average molecular weight is 973 g/mol. The number of rotatable bonds is 58.